The highest BCUT2D eigenvalue weighted by Crippen LogP contribution is 2.31. The van der Waals surface area contributed by atoms with Crippen LogP contribution in [-0.2, 0) is 7.05 Å². The lowest BCUT2D eigenvalue weighted by Gasteiger charge is -2.21. The van der Waals surface area contributed by atoms with E-state index in [-0.39, 0.29) is 6.04 Å². The summed E-state index contributed by atoms with van der Waals surface area (Å²) in [4.78, 5) is 4.49. The Hall–Kier alpha value is -1.20. The van der Waals surface area contributed by atoms with Gasteiger partial charge in [-0.15, -0.1) is 0 Å². The molecule has 2 aromatic rings. The summed E-state index contributed by atoms with van der Waals surface area (Å²) < 4.78 is 7.67. The molecule has 1 aliphatic rings. The molecule has 0 aromatic carbocycles. The topological polar surface area (TPSA) is 43.0 Å². The van der Waals surface area contributed by atoms with Crippen LogP contribution in [0.5, 0.6) is 0 Å². The zero-order chi connectivity index (χ0) is 13.9. The van der Waals surface area contributed by atoms with Crippen molar-refractivity contribution in [1.82, 2.24) is 14.9 Å². The van der Waals surface area contributed by atoms with E-state index in [2.05, 4.69) is 21.1 Å². The van der Waals surface area contributed by atoms with Crippen LogP contribution in [0.25, 0.3) is 0 Å². The number of nitrogens with one attached hydrogen (secondary N) is 1. The first-order valence-electron chi connectivity index (χ1n) is 7.07. The van der Waals surface area contributed by atoms with E-state index in [0.717, 1.165) is 16.8 Å². The summed E-state index contributed by atoms with van der Waals surface area (Å²) in [5.41, 5.74) is 0. The maximum atomic E-state index is 5.62. The van der Waals surface area contributed by atoms with E-state index < -0.39 is 0 Å². The van der Waals surface area contributed by atoms with Crippen LogP contribution in [0.1, 0.15) is 36.9 Å². The molecule has 0 amide bonds. The van der Waals surface area contributed by atoms with E-state index in [4.69, 9.17) is 4.42 Å². The van der Waals surface area contributed by atoms with Crippen molar-refractivity contribution in [3.8, 4) is 0 Å². The number of rotatable bonds is 5. The molecule has 2 heterocycles. The molecule has 3 unspecified atom stereocenters. The third-order valence-electron chi connectivity index (χ3n) is 4.06. The number of imidazole rings is 1. The predicted molar refractivity (Wildman–Crippen MR) is 81.8 cm³/mol. The van der Waals surface area contributed by atoms with Crippen molar-refractivity contribution in [2.45, 2.75) is 36.6 Å². The minimum Gasteiger partial charge on any atom is -0.467 e. The SMILES string of the molecule is CSC1CCC(NC(c2ccco2)c2nccn2C)C1. The number of aromatic nitrogens is 2. The fourth-order valence-electron chi connectivity index (χ4n) is 2.94. The summed E-state index contributed by atoms with van der Waals surface area (Å²) in [6, 6.07) is 4.54. The summed E-state index contributed by atoms with van der Waals surface area (Å²) in [5.74, 6) is 1.94. The summed E-state index contributed by atoms with van der Waals surface area (Å²) in [5, 5.41) is 4.52. The molecule has 108 valence electrons. The van der Waals surface area contributed by atoms with Gasteiger partial charge < -0.3 is 8.98 Å². The lowest BCUT2D eigenvalue weighted by molar-refractivity contribution is 0.391. The third-order valence-corrected chi connectivity index (χ3v) is 5.16. The Morgan fingerprint density at radius 2 is 2.40 bits per heavy atom. The number of hydrogen-bond donors (Lipinski definition) is 1. The molecule has 1 fully saturated rings. The summed E-state index contributed by atoms with van der Waals surface area (Å²) in [7, 11) is 2.03. The standard InChI is InChI=1S/C15H21N3OS/c1-18-8-7-16-15(18)14(13-4-3-9-19-13)17-11-5-6-12(10-11)20-2/h3-4,7-9,11-12,14,17H,5-6,10H2,1-2H3. The molecule has 0 saturated heterocycles. The van der Waals surface area contributed by atoms with Gasteiger partial charge in [-0.25, -0.2) is 4.98 Å². The first kappa shape index (κ1) is 13.8. The molecule has 0 spiro atoms. The average Bonchev–Trinajstić information content (AvgIpc) is 3.18. The summed E-state index contributed by atoms with van der Waals surface area (Å²) >= 11 is 1.98. The normalized spacial score (nSPS) is 24.1. The van der Waals surface area contributed by atoms with Crippen LogP contribution < -0.4 is 5.32 Å². The van der Waals surface area contributed by atoms with Crippen molar-refractivity contribution in [1.29, 1.82) is 0 Å². The third kappa shape index (κ3) is 2.79. The molecule has 3 atom stereocenters. The maximum absolute atomic E-state index is 5.62. The highest BCUT2D eigenvalue weighted by molar-refractivity contribution is 7.99. The monoisotopic (exact) mass is 291 g/mol. The fraction of sp³-hybridized carbons (Fsp3) is 0.533. The van der Waals surface area contributed by atoms with E-state index in [1.54, 1.807) is 6.26 Å². The van der Waals surface area contributed by atoms with Gasteiger partial charge >= 0.3 is 0 Å². The molecule has 0 radical (unpaired) electrons. The molecule has 4 nitrogen and oxygen atoms in total. The van der Waals surface area contributed by atoms with Crippen LogP contribution in [0.2, 0.25) is 0 Å². The van der Waals surface area contributed by atoms with Crippen LogP contribution in [0.15, 0.2) is 35.2 Å². The Morgan fingerprint density at radius 1 is 1.50 bits per heavy atom. The molecule has 5 heteroatoms. The quantitative estimate of drug-likeness (QED) is 0.919. The van der Waals surface area contributed by atoms with Crippen molar-refractivity contribution in [2.75, 3.05) is 6.26 Å². The molecule has 0 bridgehead atoms. The van der Waals surface area contributed by atoms with Crippen molar-refractivity contribution in [3.05, 3.63) is 42.4 Å². The zero-order valence-electron chi connectivity index (χ0n) is 12.0. The second-order valence-electron chi connectivity index (χ2n) is 5.38. The van der Waals surface area contributed by atoms with E-state index in [1.807, 2.05) is 43.3 Å². The minimum atomic E-state index is 0.0376. The zero-order valence-corrected chi connectivity index (χ0v) is 12.8. The molecule has 0 aliphatic heterocycles. The van der Waals surface area contributed by atoms with Crippen LogP contribution in [0.4, 0.5) is 0 Å². The van der Waals surface area contributed by atoms with Gasteiger partial charge in [-0.3, -0.25) is 5.32 Å². The van der Waals surface area contributed by atoms with Gasteiger partial charge in [-0.1, -0.05) is 0 Å². The first-order valence-corrected chi connectivity index (χ1v) is 8.36. The van der Waals surface area contributed by atoms with E-state index in [0.29, 0.717) is 6.04 Å². The Kier molecular flexibility index (Phi) is 4.17. The molecule has 1 aliphatic carbocycles. The smallest absolute Gasteiger partial charge is 0.133 e. The highest BCUT2D eigenvalue weighted by atomic mass is 32.2. The van der Waals surface area contributed by atoms with E-state index in [9.17, 15) is 0 Å². The fourth-order valence-corrected chi connectivity index (χ4v) is 3.73. The lowest BCUT2D eigenvalue weighted by atomic mass is 10.1. The lowest BCUT2D eigenvalue weighted by Crippen LogP contribution is -2.33. The molecule has 20 heavy (non-hydrogen) atoms. The van der Waals surface area contributed by atoms with Crippen molar-refractivity contribution in [3.63, 3.8) is 0 Å². The van der Waals surface area contributed by atoms with Gasteiger partial charge in [0.25, 0.3) is 0 Å². The number of hydrogen-bond acceptors (Lipinski definition) is 4. The van der Waals surface area contributed by atoms with Crippen molar-refractivity contribution < 1.29 is 4.42 Å². The second kappa shape index (κ2) is 6.06. The number of nitrogens with zero attached hydrogens (tertiary/aromatic N) is 2. The number of thioether (sulfide) groups is 1. The van der Waals surface area contributed by atoms with Crippen molar-refractivity contribution >= 4 is 11.8 Å². The Labute approximate surface area is 124 Å². The van der Waals surface area contributed by atoms with Crippen molar-refractivity contribution in [2.24, 2.45) is 7.05 Å². The van der Waals surface area contributed by atoms with Gasteiger partial charge in [0.1, 0.15) is 17.6 Å². The average molecular weight is 291 g/mol. The van der Waals surface area contributed by atoms with E-state index >= 15 is 0 Å². The predicted octanol–water partition coefficient (Wildman–Crippen LogP) is 2.98. The van der Waals surface area contributed by atoms with Gasteiger partial charge in [0, 0.05) is 30.7 Å². The van der Waals surface area contributed by atoms with E-state index in [1.165, 1.54) is 19.3 Å². The molecule has 1 saturated carbocycles. The number of furan rings is 1. The van der Waals surface area contributed by atoms with Gasteiger partial charge in [0.2, 0.25) is 0 Å². The van der Waals surface area contributed by atoms with Gasteiger partial charge in [0.15, 0.2) is 0 Å². The van der Waals surface area contributed by atoms with Crippen LogP contribution in [0, 0.1) is 0 Å². The van der Waals surface area contributed by atoms with Crippen LogP contribution in [-0.4, -0.2) is 27.1 Å². The van der Waals surface area contributed by atoms with Gasteiger partial charge in [-0.2, -0.15) is 11.8 Å². The Morgan fingerprint density at radius 3 is 3.00 bits per heavy atom. The molecule has 2 aromatic heterocycles. The molecular formula is C15H21N3OS. The van der Waals surface area contributed by atoms with Gasteiger partial charge in [0.05, 0.1) is 6.26 Å². The molecular weight excluding hydrogens is 270 g/mol. The van der Waals surface area contributed by atoms with Crippen LogP contribution >= 0.6 is 11.8 Å². The molecule has 1 N–H and O–H groups in total. The summed E-state index contributed by atoms with van der Waals surface area (Å²) in [6.45, 7) is 0. The molecule has 3 rings (SSSR count). The Balaban J connectivity index is 1.79. The largest absolute Gasteiger partial charge is 0.467 e. The summed E-state index contributed by atoms with van der Waals surface area (Å²) in [6.07, 6.45) is 11.5. The number of aryl methyl sites for hydroxylation is 1. The first-order chi connectivity index (χ1) is 9.78. The maximum Gasteiger partial charge on any atom is 0.133 e. The second-order valence-corrected chi connectivity index (χ2v) is 6.52. The minimum absolute atomic E-state index is 0.0376. The highest BCUT2D eigenvalue weighted by Gasteiger charge is 2.29. The van der Waals surface area contributed by atoms with Crippen LogP contribution in [0.3, 0.4) is 0 Å². The Bertz CT molecular complexity index is 537. The van der Waals surface area contributed by atoms with Gasteiger partial charge in [-0.05, 0) is 37.7 Å².